The number of piperazine rings is 1. The smallest absolute Gasteiger partial charge is 0.296 e. The highest BCUT2D eigenvalue weighted by Gasteiger charge is 2.32. The van der Waals surface area contributed by atoms with E-state index in [0.29, 0.717) is 43.5 Å². The van der Waals surface area contributed by atoms with Crippen molar-refractivity contribution < 1.29 is 22.8 Å². The van der Waals surface area contributed by atoms with Crippen LogP contribution < -0.4 is 14.4 Å². The van der Waals surface area contributed by atoms with Gasteiger partial charge in [-0.2, -0.15) is 4.31 Å². The summed E-state index contributed by atoms with van der Waals surface area (Å²) >= 11 is 0. The van der Waals surface area contributed by atoms with E-state index >= 15 is 0 Å². The van der Waals surface area contributed by atoms with Crippen LogP contribution in [0.25, 0.3) is 10.8 Å². The van der Waals surface area contributed by atoms with Gasteiger partial charge in [0.25, 0.3) is 5.69 Å². The minimum absolute atomic E-state index is 0.0993. The largest absolute Gasteiger partial charge is 0.490 e. The highest BCUT2D eigenvalue weighted by molar-refractivity contribution is 7.89. The minimum Gasteiger partial charge on any atom is -0.490 e. The number of sulfonamides is 1. The summed E-state index contributed by atoms with van der Waals surface area (Å²) in [7, 11) is -3.69. The summed E-state index contributed by atoms with van der Waals surface area (Å²) in [5.74, 6) is 0.744. The third-order valence-electron chi connectivity index (χ3n) is 5.78. The van der Waals surface area contributed by atoms with Crippen molar-refractivity contribution in [1.29, 1.82) is 0 Å². The van der Waals surface area contributed by atoms with Crippen LogP contribution in [0.15, 0.2) is 59.5 Å². The van der Waals surface area contributed by atoms with Crippen LogP contribution in [0.4, 0.5) is 11.4 Å². The van der Waals surface area contributed by atoms with E-state index in [-0.39, 0.29) is 23.7 Å². The van der Waals surface area contributed by atoms with Gasteiger partial charge in [-0.1, -0.05) is 30.3 Å². The lowest BCUT2D eigenvalue weighted by atomic mass is 10.1. The van der Waals surface area contributed by atoms with E-state index in [2.05, 4.69) is 0 Å². The molecule has 1 aliphatic heterocycles. The number of hydrogen-bond acceptors (Lipinski definition) is 7. The topological polar surface area (TPSA) is 102 Å². The monoisotopic (exact) mass is 485 g/mol. The van der Waals surface area contributed by atoms with Gasteiger partial charge >= 0.3 is 0 Å². The molecular formula is C24H27N3O6S. The van der Waals surface area contributed by atoms with Crippen LogP contribution in [-0.2, 0) is 10.0 Å². The highest BCUT2D eigenvalue weighted by atomic mass is 32.2. The molecule has 34 heavy (non-hydrogen) atoms. The second-order valence-electron chi connectivity index (χ2n) is 7.81. The van der Waals surface area contributed by atoms with Gasteiger partial charge in [0, 0.05) is 32.2 Å². The minimum atomic E-state index is -3.69. The average Bonchev–Trinajstić information content (AvgIpc) is 2.84. The second kappa shape index (κ2) is 9.86. The zero-order valence-electron chi connectivity index (χ0n) is 19.1. The van der Waals surface area contributed by atoms with E-state index in [4.69, 9.17) is 9.47 Å². The van der Waals surface area contributed by atoms with Crippen LogP contribution in [0.2, 0.25) is 0 Å². The molecule has 1 saturated heterocycles. The maximum atomic E-state index is 13.3. The fourth-order valence-electron chi connectivity index (χ4n) is 4.12. The van der Waals surface area contributed by atoms with Gasteiger partial charge in [-0.25, -0.2) is 8.42 Å². The zero-order chi connectivity index (χ0) is 24.3. The quantitative estimate of drug-likeness (QED) is 0.350. The summed E-state index contributed by atoms with van der Waals surface area (Å²) in [5.41, 5.74) is 0.289. The molecule has 0 aliphatic carbocycles. The van der Waals surface area contributed by atoms with E-state index in [0.717, 1.165) is 10.8 Å². The summed E-state index contributed by atoms with van der Waals surface area (Å²) in [5, 5.41) is 13.6. The van der Waals surface area contributed by atoms with Gasteiger partial charge in [0.15, 0.2) is 11.5 Å². The lowest BCUT2D eigenvalue weighted by Crippen LogP contribution is -2.48. The zero-order valence-corrected chi connectivity index (χ0v) is 20.0. The molecule has 0 amide bonds. The van der Waals surface area contributed by atoms with E-state index in [9.17, 15) is 18.5 Å². The van der Waals surface area contributed by atoms with Crippen molar-refractivity contribution in [2.45, 2.75) is 18.7 Å². The molecular weight excluding hydrogens is 458 g/mol. The number of nitro benzene ring substituents is 1. The normalized spacial score (nSPS) is 14.8. The first-order valence-electron chi connectivity index (χ1n) is 11.2. The predicted octanol–water partition coefficient (Wildman–Crippen LogP) is 4.06. The number of benzene rings is 3. The first kappa shape index (κ1) is 23.8. The van der Waals surface area contributed by atoms with E-state index in [1.54, 1.807) is 31.2 Å². The summed E-state index contributed by atoms with van der Waals surface area (Å²) in [4.78, 5) is 13.4. The van der Waals surface area contributed by atoms with Crippen LogP contribution >= 0.6 is 0 Å². The lowest BCUT2D eigenvalue weighted by Gasteiger charge is -2.35. The lowest BCUT2D eigenvalue weighted by molar-refractivity contribution is -0.384. The number of hydrogen-bond donors (Lipinski definition) is 0. The molecule has 180 valence electrons. The Morgan fingerprint density at radius 3 is 2.12 bits per heavy atom. The van der Waals surface area contributed by atoms with Gasteiger partial charge < -0.3 is 14.4 Å². The first-order valence-corrected chi connectivity index (χ1v) is 12.6. The first-order chi connectivity index (χ1) is 16.3. The Bertz CT molecular complexity index is 1300. The van der Waals surface area contributed by atoms with Crippen molar-refractivity contribution >= 4 is 32.2 Å². The number of anilines is 1. The average molecular weight is 486 g/mol. The van der Waals surface area contributed by atoms with Gasteiger partial charge in [-0.15, -0.1) is 0 Å². The van der Waals surface area contributed by atoms with Crippen molar-refractivity contribution in [1.82, 2.24) is 4.31 Å². The molecule has 3 aromatic carbocycles. The molecule has 1 heterocycles. The predicted molar refractivity (Wildman–Crippen MR) is 130 cm³/mol. The molecule has 9 nitrogen and oxygen atoms in total. The van der Waals surface area contributed by atoms with Crippen molar-refractivity contribution in [3.8, 4) is 11.5 Å². The molecule has 0 spiro atoms. The number of ether oxygens (including phenoxy) is 2. The Kier molecular flexibility index (Phi) is 6.90. The summed E-state index contributed by atoms with van der Waals surface area (Å²) in [6.45, 7) is 5.41. The molecule has 0 saturated carbocycles. The third kappa shape index (κ3) is 4.64. The Hall–Kier alpha value is -3.37. The molecule has 0 bridgehead atoms. The number of fused-ring (bicyclic) bond motifs is 1. The maximum absolute atomic E-state index is 13.3. The third-order valence-corrected chi connectivity index (χ3v) is 7.67. The van der Waals surface area contributed by atoms with Gasteiger partial charge in [0.2, 0.25) is 10.0 Å². The number of nitrogens with zero attached hydrogens (tertiary/aromatic N) is 3. The van der Waals surface area contributed by atoms with Crippen LogP contribution in [0.5, 0.6) is 11.5 Å². The molecule has 1 fully saturated rings. The van der Waals surface area contributed by atoms with Gasteiger partial charge in [-0.3, -0.25) is 10.1 Å². The Morgan fingerprint density at radius 2 is 1.50 bits per heavy atom. The van der Waals surface area contributed by atoms with Crippen molar-refractivity contribution in [2.75, 3.05) is 44.3 Å². The number of rotatable bonds is 8. The molecule has 4 rings (SSSR count). The fourth-order valence-corrected chi connectivity index (χ4v) is 5.58. The molecule has 3 aromatic rings. The van der Waals surface area contributed by atoms with E-state index in [1.807, 2.05) is 36.1 Å². The van der Waals surface area contributed by atoms with Gasteiger partial charge in [0.1, 0.15) is 5.69 Å². The van der Waals surface area contributed by atoms with Crippen molar-refractivity contribution in [3.63, 3.8) is 0 Å². The Balaban J connectivity index is 1.58. The standard InChI is InChI=1S/C24H27N3O6S/c1-3-32-23-16-21(22(27(28)29)17-24(23)33-4-2)25-11-13-26(14-12-25)34(30,31)20-10-9-18-7-5-6-8-19(18)15-20/h5-10,15-17H,3-4,11-14H2,1-2H3. The Morgan fingerprint density at radius 1 is 0.882 bits per heavy atom. The van der Waals surface area contributed by atoms with Crippen LogP contribution in [0.1, 0.15) is 13.8 Å². The molecule has 10 heteroatoms. The Labute approximate surface area is 198 Å². The number of nitro groups is 1. The fraction of sp³-hybridized carbons (Fsp3) is 0.333. The van der Waals surface area contributed by atoms with Gasteiger partial charge in [-0.05, 0) is 36.8 Å². The van der Waals surface area contributed by atoms with Crippen molar-refractivity contribution in [2.24, 2.45) is 0 Å². The van der Waals surface area contributed by atoms with Crippen LogP contribution in [0.3, 0.4) is 0 Å². The summed E-state index contributed by atoms with van der Waals surface area (Å²) in [6, 6.07) is 15.7. The van der Waals surface area contributed by atoms with Gasteiger partial charge in [0.05, 0.1) is 29.1 Å². The van der Waals surface area contributed by atoms with E-state index in [1.165, 1.54) is 10.4 Å². The summed E-state index contributed by atoms with van der Waals surface area (Å²) < 4.78 is 39.1. The van der Waals surface area contributed by atoms with Crippen molar-refractivity contribution in [3.05, 3.63) is 64.7 Å². The molecule has 0 atom stereocenters. The van der Waals surface area contributed by atoms with E-state index < -0.39 is 14.9 Å². The molecule has 0 unspecified atom stereocenters. The molecule has 1 aliphatic rings. The van der Waals surface area contributed by atoms with Crippen LogP contribution in [0, 0.1) is 10.1 Å². The highest BCUT2D eigenvalue weighted by Crippen LogP contribution is 2.40. The molecule has 0 aromatic heterocycles. The SMILES string of the molecule is CCOc1cc(N2CCN(S(=O)(=O)c3ccc4ccccc4c3)CC2)c([N+](=O)[O-])cc1OCC. The molecule has 0 N–H and O–H groups in total. The van der Waals surface area contributed by atoms with Crippen LogP contribution in [-0.4, -0.2) is 57.0 Å². The maximum Gasteiger partial charge on any atom is 0.296 e. The second-order valence-corrected chi connectivity index (χ2v) is 9.75. The molecule has 0 radical (unpaired) electrons. The summed E-state index contributed by atoms with van der Waals surface area (Å²) in [6.07, 6.45) is 0.